The van der Waals surface area contributed by atoms with Crippen LogP contribution in [0.5, 0.6) is 0 Å². The van der Waals surface area contributed by atoms with Crippen molar-refractivity contribution in [1.29, 1.82) is 0 Å². The molecule has 3 aromatic carbocycles. The zero-order valence-electron chi connectivity index (χ0n) is 26.3. The Morgan fingerprint density at radius 1 is 1.04 bits per heavy atom. The van der Waals surface area contributed by atoms with E-state index in [0.29, 0.717) is 11.1 Å². The van der Waals surface area contributed by atoms with Gasteiger partial charge in [-0.25, -0.2) is 22.6 Å². The Morgan fingerprint density at radius 3 is 2.31 bits per heavy atom. The van der Waals surface area contributed by atoms with Crippen LogP contribution in [0.3, 0.4) is 0 Å². The Hall–Kier alpha value is -5.65. The second-order valence-electron chi connectivity index (χ2n) is 10.3. The summed E-state index contributed by atoms with van der Waals surface area (Å²) in [6.45, 7) is 2.63. The number of hydrazine groups is 1. The lowest BCUT2D eigenvalue weighted by molar-refractivity contribution is -0.710. The van der Waals surface area contributed by atoms with Gasteiger partial charge in [-0.15, -0.1) is 5.01 Å². The molecule has 0 saturated heterocycles. The summed E-state index contributed by atoms with van der Waals surface area (Å²) in [5.74, 6) is -1.11. The number of hydrogen-bond acceptors (Lipinski definition) is 10. The quantitative estimate of drug-likeness (QED) is 0.0491. The molecule has 0 aliphatic carbocycles. The van der Waals surface area contributed by atoms with E-state index in [1.165, 1.54) is 12.1 Å². The highest BCUT2D eigenvalue weighted by Gasteiger charge is 2.36. The number of nitrogens with one attached hydrogen (secondary N) is 1. The van der Waals surface area contributed by atoms with Gasteiger partial charge in [0, 0.05) is 12.0 Å². The third kappa shape index (κ3) is 9.47. The minimum atomic E-state index is -4.74. The number of nitrogens with zero attached hydrogens (tertiary/aromatic N) is 5. The van der Waals surface area contributed by atoms with Crippen molar-refractivity contribution >= 4 is 22.1 Å². The van der Waals surface area contributed by atoms with Crippen LogP contribution in [0.25, 0.3) is 16.9 Å². The zero-order valence-corrected chi connectivity index (χ0v) is 27.1. The molecule has 0 aliphatic heterocycles. The molecule has 1 aromatic heterocycles. The van der Waals surface area contributed by atoms with Crippen LogP contribution in [0.4, 0.5) is 18.0 Å². The van der Waals surface area contributed by atoms with Crippen LogP contribution >= 0.6 is 0 Å². The first kappa shape index (κ1) is 36.2. The van der Waals surface area contributed by atoms with Crippen molar-refractivity contribution in [1.82, 2.24) is 19.5 Å². The lowest BCUT2D eigenvalue weighted by Gasteiger charge is -2.23. The maximum absolute atomic E-state index is 13.6. The van der Waals surface area contributed by atoms with Crippen LogP contribution in [0.1, 0.15) is 23.7 Å². The molecule has 0 saturated carbocycles. The Labute approximate surface area is 278 Å². The molecule has 0 radical (unpaired) electrons. The Bertz CT molecular complexity index is 1890. The lowest BCUT2D eigenvalue weighted by atomic mass is 10.1. The van der Waals surface area contributed by atoms with Crippen LogP contribution < -0.4 is 4.72 Å². The van der Waals surface area contributed by atoms with Crippen LogP contribution in [-0.4, -0.2) is 66.7 Å². The van der Waals surface area contributed by atoms with Crippen molar-refractivity contribution in [3.05, 3.63) is 107 Å². The van der Waals surface area contributed by atoms with E-state index in [1.54, 1.807) is 61.5 Å². The van der Waals surface area contributed by atoms with E-state index in [9.17, 15) is 36.4 Å². The highest BCUT2D eigenvalue weighted by atomic mass is 32.2. The van der Waals surface area contributed by atoms with Gasteiger partial charge >= 0.3 is 12.3 Å². The molecule has 0 fully saturated rings. The number of sulfonamides is 1. The predicted molar refractivity (Wildman–Crippen MR) is 166 cm³/mol. The average Bonchev–Trinajstić information content (AvgIpc) is 3.52. The zero-order chi connectivity index (χ0) is 35.8. The fourth-order valence-electron chi connectivity index (χ4n) is 4.39. The van der Waals surface area contributed by atoms with Gasteiger partial charge < -0.3 is 19.5 Å². The number of halogens is 3. The maximum Gasteiger partial charge on any atom is 0.511 e. The van der Waals surface area contributed by atoms with Crippen molar-refractivity contribution in [2.45, 2.75) is 37.4 Å². The standard InChI is InChI=1S/C31H31F3N6O8S/c1-4-46-30(42)47-20-48-37-40(43)38(3)27(18-22-8-6-5-7-9-22)29(41)36-49(44,45)25-16-14-24(15-17-25)39-26(19-28(35-39)31(32,33)34)23-12-10-21(2)11-13-23/h5-17,19,27H,4,18,20H2,1-3H3,(H,36,41)/t27-/m0/s1. The number of amides is 1. The van der Waals surface area contributed by atoms with E-state index in [4.69, 9.17) is 0 Å². The summed E-state index contributed by atoms with van der Waals surface area (Å²) < 4.78 is 79.5. The lowest BCUT2D eigenvalue weighted by Crippen LogP contribution is -2.50. The van der Waals surface area contributed by atoms with Crippen LogP contribution in [0, 0.1) is 12.1 Å². The molecule has 4 rings (SSSR count). The van der Waals surface area contributed by atoms with Gasteiger partial charge in [-0.3, -0.25) is 4.79 Å². The fourth-order valence-corrected chi connectivity index (χ4v) is 5.40. The number of aryl methyl sites for hydroxylation is 1. The topological polar surface area (TPSA) is 167 Å². The molecule has 18 heteroatoms. The summed E-state index contributed by atoms with van der Waals surface area (Å²) >= 11 is 0. The summed E-state index contributed by atoms with van der Waals surface area (Å²) in [6.07, 6.45) is -5.95. The van der Waals surface area contributed by atoms with Gasteiger partial charge in [-0.1, -0.05) is 60.2 Å². The number of hydrogen-bond donors (Lipinski definition) is 1. The van der Waals surface area contributed by atoms with E-state index in [0.717, 1.165) is 40.5 Å². The Kier molecular flexibility index (Phi) is 11.4. The van der Waals surface area contributed by atoms with E-state index in [1.807, 2.05) is 11.6 Å². The second kappa shape index (κ2) is 15.5. The SMILES string of the molecule is CCOC(=O)OCON=[N+]([O-])N(C)[C@@H](Cc1ccccc1)C(=O)NS(=O)(=O)c1ccc(-n2nc(C(F)(F)F)cc2-c2ccc(C)cc2)cc1. The van der Waals surface area contributed by atoms with Crippen LogP contribution in [0.15, 0.2) is 95.1 Å². The highest BCUT2D eigenvalue weighted by molar-refractivity contribution is 7.90. The van der Waals surface area contributed by atoms with Gasteiger partial charge in [0.1, 0.15) is 0 Å². The monoisotopic (exact) mass is 704 g/mol. The van der Waals surface area contributed by atoms with E-state index < -0.39 is 51.7 Å². The number of carbonyl (C=O) groups excluding carboxylic acids is 2. The fraction of sp³-hybridized carbons (Fsp3) is 0.258. The summed E-state index contributed by atoms with van der Waals surface area (Å²) in [7, 11) is -3.41. The summed E-state index contributed by atoms with van der Waals surface area (Å²) in [6, 6.07) is 19.3. The molecular weight excluding hydrogens is 673 g/mol. The minimum Gasteiger partial charge on any atom is -0.569 e. The first-order valence-electron chi connectivity index (χ1n) is 14.5. The number of likely N-dealkylation sites (N-methyl/N-ethyl adjacent to an activating group) is 1. The summed E-state index contributed by atoms with van der Waals surface area (Å²) in [5, 5.41) is 20.3. The third-order valence-electron chi connectivity index (χ3n) is 6.89. The minimum absolute atomic E-state index is 0.0395. The molecule has 260 valence electrons. The molecular formula is C31H31F3N6O8S. The molecule has 14 nitrogen and oxygen atoms in total. The molecule has 0 unspecified atom stereocenters. The van der Waals surface area contributed by atoms with Crippen molar-refractivity contribution in [3.63, 3.8) is 0 Å². The number of aromatic nitrogens is 2. The van der Waals surface area contributed by atoms with Crippen molar-refractivity contribution < 1.29 is 50.5 Å². The number of ether oxygens (including phenoxy) is 2. The summed E-state index contributed by atoms with van der Waals surface area (Å²) in [5.41, 5.74) is 1.00. The van der Waals surface area contributed by atoms with Crippen LogP contribution in [0.2, 0.25) is 0 Å². The molecule has 1 N–H and O–H groups in total. The van der Waals surface area contributed by atoms with Crippen LogP contribution in [-0.2, 0) is 41.7 Å². The van der Waals surface area contributed by atoms with Crippen molar-refractivity contribution in [3.8, 4) is 16.9 Å². The average molecular weight is 705 g/mol. The number of benzene rings is 3. The van der Waals surface area contributed by atoms with Gasteiger partial charge in [0.15, 0.2) is 11.7 Å². The van der Waals surface area contributed by atoms with E-state index in [-0.39, 0.29) is 29.4 Å². The molecule has 0 spiro atoms. The molecule has 0 aliphatic rings. The molecule has 4 aromatic rings. The maximum atomic E-state index is 13.6. The molecule has 1 heterocycles. The first-order chi connectivity index (χ1) is 23.2. The predicted octanol–water partition coefficient (Wildman–Crippen LogP) is 5.15. The number of rotatable bonds is 13. The summed E-state index contributed by atoms with van der Waals surface area (Å²) in [4.78, 5) is 28.8. The Balaban J connectivity index is 1.56. The van der Waals surface area contributed by atoms with Crippen molar-refractivity contribution in [2.75, 3.05) is 20.4 Å². The molecule has 1 atom stereocenters. The van der Waals surface area contributed by atoms with Gasteiger partial charge in [0.05, 0.1) is 34.9 Å². The third-order valence-corrected chi connectivity index (χ3v) is 8.25. The molecule has 49 heavy (non-hydrogen) atoms. The Morgan fingerprint density at radius 2 is 1.69 bits per heavy atom. The highest BCUT2D eigenvalue weighted by Crippen LogP contribution is 2.33. The normalized spacial score (nSPS) is 12.6. The molecule has 1 amide bonds. The first-order valence-corrected chi connectivity index (χ1v) is 16.0. The number of carbonyl (C=O) groups is 2. The van der Waals surface area contributed by atoms with Gasteiger partial charge in [0.25, 0.3) is 22.7 Å². The van der Waals surface area contributed by atoms with Gasteiger partial charge in [-0.2, -0.15) is 18.3 Å². The van der Waals surface area contributed by atoms with Crippen molar-refractivity contribution in [2.24, 2.45) is 5.28 Å². The smallest absolute Gasteiger partial charge is 0.511 e. The molecule has 0 bridgehead atoms. The number of alkyl halides is 3. The van der Waals surface area contributed by atoms with E-state index >= 15 is 0 Å². The largest absolute Gasteiger partial charge is 0.569 e. The van der Waals surface area contributed by atoms with Gasteiger partial charge in [-0.05, 0) is 49.7 Å². The van der Waals surface area contributed by atoms with Gasteiger partial charge in [0.2, 0.25) is 5.28 Å². The second-order valence-corrected chi connectivity index (χ2v) is 12.0. The van der Waals surface area contributed by atoms with E-state index in [2.05, 4.69) is 24.7 Å².